The second-order valence-electron chi connectivity index (χ2n) is 11.6. The fraction of sp³-hybridized carbons (Fsp3) is 0.100. The van der Waals surface area contributed by atoms with Crippen molar-refractivity contribution in [3.8, 4) is 56.2 Å². The quantitative estimate of drug-likeness (QED) is 0.209. The fourth-order valence-corrected chi connectivity index (χ4v) is 5.10. The van der Waals surface area contributed by atoms with Gasteiger partial charge in [0.05, 0.1) is 11.4 Å². The Morgan fingerprint density at radius 3 is 1.31 bits per heavy atom. The highest BCUT2D eigenvalue weighted by Crippen LogP contribution is 2.31. The molecule has 204 valence electrons. The third-order valence-corrected chi connectivity index (χ3v) is 7.68. The molecule has 5 aromatic carbocycles. The number of nitrogens with zero attached hydrogens (tertiary/aromatic N) is 2. The molecule has 0 aliphatic carbocycles. The number of rotatable bonds is 6. The summed E-state index contributed by atoms with van der Waals surface area (Å²) in [6, 6.07) is 46.9. The van der Waals surface area contributed by atoms with E-state index in [1.54, 1.807) is 0 Å². The van der Waals surface area contributed by atoms with Crippen LogP contribution in [0.5, 0.6) is 0 Å². The van der Waals surface area contributed by atoms with E-state index < -0.39 is 0 Å². The molecule has 0 amide bonds. The van der Waals surface area contributed by atoms with Gasteiger partial charge in [-0.25, -0.2) is 9.97 Å². The van der Waals surface area contributed by atoms with Crippen molar-refractivity contribution in [1.29, 1.82) is 0 Å². The van der Waals surface area contributed by atoms with Gasteiger partial charge < -0.3 is 0 Å². The summed E-state index contributed by atoms with van der Waals surface area (Å²) in [6.45, 7) is 10.5. The lowest BCUT2D eigenvalue weighted by molar-refractivity contribution is 0.590. The van der Waals surface area contributed by atoms with Gasteiger partial charge in [-0.3, -0.25) is 0 Å². The lowest BCUT2D eigenvalue weighted by Gasteiger charge is -2.19. The van der Waals surface area contributed by atoms with E-state index in [1.165, 1.54) is 27.8 Å². The molecule has 0 aliphatic heterocycles. The Labute approximate surface area is 249 Å². The van der Waals surface area contributed by atoms with Gasteiger partial charge in [0, 0.05) is 16.7 Å². The van der Waals surface area contributed by atoms with Gasteiger partial charge in [0.2, 0.25) is 0 Å². The molecule has 0 radical (unpaired) electrons. The molecular weight excluding hydrogens is 508 g/mol. The van der Waals surface area contributed by atoms with Gasteiger partial charge in [-0.1, -0.05) is 161 Å². The van der Waals surface area contributed by atoms with Gasteiger partial charge in [0.1, 0.15) is 0 Å². The molecule has 0 aliphatic rings. The summed E-state index contributed by atoms with van der Waals surface area (Å²) in [7, 11) is 0. The van der Waals surface area contributed by atoms with E-state index in [-0.39, 0.29) is 5.41 Å². The minimum atomic E-state index is 0.101. The lowest BCUT2D eigenvalue weighted by Crippen LogP contribution is -2.10. The normalized spacial score (nSPS) is 11.3. The van der Waals surface area contributed by atoms with Crippen LogP contribution in [0, 0.1) is 0 Å². The predicted molar refractivity (Wildman–Crippen MR) is 178 cm³/mol. The summed E-state index contributed by atoms with van der Waals surface area (Å²) in [5.74, 6) is 0.726. The maximum atomic E-state index is 5.00. The zero-order valence-corrected chi connectivity index (χ0v) is 24.4. The van der Waals surface area contributed by atoms with Crippen molar-refractivity contribution >= 4 is 6.08 Å². The Morgan fingerprint density at radius 2 is 0.881 bits per heavy atom. The molecule has 0 N–H and O–H groups in total. The summed E-state index contributed by atoms with van der Waals surface area (Å²) in [4.78, 5) is 9.98. The molecule has 6 aromatic rings. The number of hydrogen-bond donors (Lipinski definition) is 0. The van der Waals surface area contributed by atoms with Crippen LogP contribution in [0.15, 0.2) is 140 Å². The number of benzene rings is 5. The molecule has 42 heavy (non-hydrogen) atoms. The standard InChI is InChI=1S/C40H34N2/c1-5-28-11-13-29(14-12-28)30-15-17-31(18-16-30)32-19-21-33(22-20-32)37-27-38(34-23-25-36(26-24-34)40(2,3)4)42-39(41-37)35-9-7-6-8-10-35/h5-27H,1H2,2-4H3. The van der Waals surface area contributed by atoms with Gasteiger partial charge >= 0.3 is 0 Å². The van der Waals surface area contributed by atoms with Crippen LogP contribution in [-0.4, -0.2) is 9.97 Å². The van der Waals surface area contributed by atoms with Crippen molar-refractivity contribution in [2.45, 2.75) is 26.2 Å². The van der Waals surface area contributed by atoms with E-state index >= 15 is 0 Å². The maximum Gasteiger partial charge on any atom is 0.160 e. The van der Waals surface area contributed by atoms with Crippen molar-refractivity contribution in [1.82, 2.24) is 9.97 Å². The second-order valence-corrected chi connectivity index (χ2v) is 11.6. The Morgan fingerprint density at radius 1 is 0.476 bits per heavy atom. The molecule has 6 rings (SSSR count). The van der Waals surface area contributed by atoms with E-state index in [2.05, 4.69) is 143 Å². The Bertz CT molecular complexity index is 1810. The minimum Gasteiger partial charge on any atom is -0.228 e. The van der Waals surface area contributed by atoms with Gasteiger partial charge in [-0.15, -0.1) is 0 Å². The summed E-state index contributed by atoms with van der Waals surface area (Å²) >= 11 is 0. The molecule has 2 heteroatoms. The van der Waals surface area contributed by atoms with Gasteiger partial charge in [-0.2, -0.15) is 0 Å². The molecule has 0 unspecified atom stereocenters. The molecule has 2 nitrogen and oxygen atoms in total. The molecule has 1 heterocycles. The van der Waals surface area contributed by atoms with Crippen LogP contribution in [0.4, 0.5) is 0 Å². The number of aromatic nitrogens is 2. The smallest absolute Gasteiger partial charge is 0.160 e. The average Bonchev–Trinajstić information content (AvgIpc) is 3.05. The van der Waals surface area contributed by atoms with Crippen LogP contribution in [0.2, 0.25) is 0 Å². The monoisotopic (exact) mass is 542 g/mol. The predicted octanol–water partition coefficient (Wildman–Crippen LogP) is 10.8. The summed E-state index contributed by atoms with van der Waals surface area (Å²) in [6.07, 6.45) is 1.87. The first-order valence-corrected chi connectivity index (χ1v) is 14.4. The first kappa shape index (κ1) is 27.1. The molecule has 0 saturated carbocycles. The van der Waals surface area contributed by atoms with Crippen LogP contribution >= 0.6 is 0 Å². The zero-order chi connectivity index (χ0) is 29.1. The van der Waals surface area contributed by atoms with Gasteiger partial charge in [-0.05, 0) is 44.9 Å². The highest BCUT2D eigenvalue weighted by atomic mass is 14.9. The molecule has 0 spiro atoms. The van der Waals surface area contributed by atoms with Crippen LogP contribution in [-0.2, 0) is 5.41 Å². The topological polar surface area (TPSA) is 25.8 Å². The van der Waals surface area contributed by atoms with Crippen molar-refractivity contribution in [2.75, 3.05) is 0 Å². The summed E-state index contributed by atoms with van der Waals surface area (Å²) < 4.78 is 0. The third-order valence-electron chi connectivity index (χ3n) is 7.68. The van der Waals surface area contributed by atoms with Crippen LogP contribution in [0.25, 0.3) is 62.2 Å². The lowest BCUT2D eigenvalue weighted by atomic mass is 9.86. The van der Waals surface area contributed by atoms with Crippen molar-refractivity contribution in [3.63, 3.8) is 0 Å². The van der Waals surface area contributed by atoms with Crippen LogP contribution in [0.3, 0.4) is 0 Å². The highest BCUT2D eigenvalue weighted by Gasteiger charge is 2.15. The first-order chi connectivity index (χ1) is 20.4. The third kappa shape index (κ3) is 5.84. The van der Waals surface area contributed by atoms with Crippen LogP contribution in [0.1, 0.15) is 31.9 Å². The Hall–Kier alpha value is -5.08. The highest BCUT2D eigenvalue weighted by molar-refractivity contribution is 5.75. The van der Waals surface area contributed by atoms with Crippen molar-refractivity contribution < 1.29 is 0 Å². The summed E-state index contributed by atoms with van der Waals surface area (Å²) in [5.41, 5.74) is 12.2. The summed E-state index contributed by atoms with van der Waals surface area (Å²) in [5, 5.41) is 0. The van der Waals surface area contributed by atoms with E-state index in [4.69, 9.17) is 9.97 Å². The van der Waals surface area contributed by atoms with Crippen molar-refractivity contribution in [2.24, 2.45) is 0 Å². The average molecular weight is 543 g/mol. The van der Waals surface area contributed by atoms with E-state index in [0.717, 1.165) is 39.5 Å². The molecule has 0 saturated heterocycles. The Kier molecular flexibility index (Phi) is 7.37. The van der Waals surface area contributed by atoms with E-state index in [1.807, 2.05) is 24.3 Å². The molecule has 0 fully saturated rings. The van der Waals surface area contributed by atoms with Crippen LogP contribution < -0.4 is 0 Å². The first-order valence-electron chi connectivity index (χ1n) is 14.4. The Balaban J connectivity index is 1.32. The molecule has 0 bridgehead atoms. The maximum absolute atomic E-state index is 5.00. The second kappa shape index (κ2) is 11.4. The zero-order valence-electron chi connectivity index (χ0n) is 24.4. The molecule has 1 aromatic heterocycles. The van der Waals surface area contributed by atoms with Gasteiger partial charge in [0.15, 0.2) is 5.82 Å². The van der Waals surface area contributed by atoms with E-state index in [0.29, 0.717) is 0 Å². The van der Waals surface area contributed by atoms with E-state index in [9.17, 15) is 0 Å². The minimum absolute atomic E-state index is 0.101. The molecule has 0 atom stereocenters. The molecular formula is C40H34N2. The number of hydrogen-bond acceptors (Lipinski definition) is 2. The fourth-order valence-electron chi connectivity index (χ4n) is 5.10. The SMILES string of the molecule is C=Cc1ccc(-c2ccc(-c3ccc(-c4cc(-c5ccc(C(C)(C)C)cc5)nc(-c5ccccc5)n4)cc3)cc2)cc1. The van der Waals surface area contributed by atoms with Crippen molar-refractivity contribution in [3.05, 3.63) is 151 Å². The van der Waals surface area contributed by atoms with Gasteiger partial charge in [0.25, 0.3) is 0 Å². The largest absolute Gasteiger partial charge is 0.228 e.